The van der Waals surface area contributed by atoms with Crippen LogP contribution in [0.2, 0.25) is 0 Å². The van der Waals surface area contributed by atoms with E-state index in [0.717, 1.165) is 38.5 Å². The van der Waals surface area contributed by atoms with Crippen LogP contribution in [0.15, 0.2) is 0 Å². The Morgan fingerprint density at radius 3 is 2.52 bits per heavy atom. The van der Waals surface area contributed by atoms with E-state index in [1.54, 1.807) is 0 Å². The Kier molecular flexibility index (Phi) is 3.53. The van der Waals surface area contributed by atoms with Gasteiger partial charge in [0.1, 0.15) is 5.78 Å². The Morgan fingerprint density at radius 1 is 1.04 bits per heavy atom. The van der Waals surface area contributed by atoms with Gasteiger partial charge in [0.05, 0.1) is 12.2 Å². The number of Topliss-reactive ketones (excluding diaryl/α,β-unsaturated/α-hetero) is 1. The molecule has 0 heterocycles. The zero-order valence-electron chi connectivity index (χ0n) is 14.8. The Balaban J connectivity index is 1.70. The minimum absolute atomic E-state index is 0.0630. The molecule has 0 aromatic heterocycles. The topological polar surface area (TPSA) is 57.5 Å². The van der Waals surface area contributed by atoms with Crippen molar-refractivity contribution in [2.24, 2.45) is 40.4 Å². The third-order valence-electron chi connectivity index (χ3n) is 8.64. The maximum atomic E-state index is 13.2. The van der Waals surface area contributed by atoms with Crippen molar-refractivity contribution in [1.82, 2.24) is 0 Å². The molecular formula is C20H32O3. The minimum Gasteiger partial charge on any atom is -0.393 e. The molecule has 4 saturated carbocycles. The highest BCUT2D eigenvalue weighted by molar-refractivity contribution is 5.84. The van der Waals surface area contributed by atoms with Crippen LogP contribution in [0.25, 0.3) is 0 Å². The second kappa shape index (κ2) is 5.05. The van der Waals surface area contributed by atoms with Gasteiger partial charge in [-0.2, -0.15) is 0 Å². The summed E-state index contributed by atoms with van der Waals surface area (Å²) in [7, 11) is 0. The first kappa shape index (κ1) is 16.1. The molecule has 0 bridgehead atoms. The van der Waals surface area contributed by atoms with Gasteiger partial charge in [0.15, 0.2) is 0 Å². The molecule has 4 fully saturated rings. The molecule has 0 spiro atoms. The number of carbonyl (C=O) groups excluding carboxylic acids is 1. The molecule has 3 heteroatoms. The van der Waals surface area contributed by atoms with Gasteiger partial charge in [-0.05, 0) is 67.6 Å². The standard InChI is InChI=1S/C20H32O3/c1-11-9-19(2)12(8-15(11)21)4-5-13-14-6-7-17(23)20(14,3)10-16(22)18(13)19/h11-15,17-18,21,23H,4-10H2,1-3H3/t11-,12+,13+,14+,15?,17+,18-,19+,20+/m1/s1. The molecule has 0 aromatic carbocycles. The summed E-state index contributed by atoms with van der Waals surface area (Å²) in [5.41, 5.74) is -0.116. The van der Waals surface area contributed by atoms with E-state index in [9.17, 15) is 15.0 Å². The molecule has 4 aliphatic carbocycles. The van der Waals surface area contributed by atoms with Crippen LogP contribution in [0.3, 0.4) is 0 Å². The van der Waals surface area contributed by atoms with Crippen molar-refractivity contribution >= 4 is 5.78 Å². The number of aliphatic hydroxyl groups excluding tert-OH is 2. The van der Waals surface area contributed by atoms with Gasteiger partial charge >= 0.3 is 0 Å². The van der Waals surface area contributed by atoms with Crippen molar-refractivity contribution in [1.29, 1.82) is 0 Å². The summed E-state index contributed by atoms with van der Waals surface area (Å²) in [5, 5.41) is 20.8. The average molecular weight is 320 g/mol. The van der Waals surface area contributed by atoms with Crippen molar-refractivity contribution in [3.05, 3.63) is 0 Å². The molecule has 0 aliphatic heterocycles. The average Bonchev–Trinajstić information content (AvgIpc) is 2.76. The first-order valence-corrected chi connectivity index (χ1v) is 9.66. The van der Waals surface area contributed by atoms with Gasteiger partial charge in [0.25, 0.3) is 0 Å². The smallest absolute Gasteiger partial charge is 0.137 e. The zero-order chi connectivity index (χ0) is 16.6. The van der Waals surface area contributed by atoms with Crippen LogP contribution in [0, 0.1) is 40.4 Å². The predicted molar refractivity (Wildman–Crippen MR) is 88.7 cm³/mol. The van der Waals surface area contributed by atoms with E-state index < -0.39 is 0 Å². The van der Waals surface area contributed by atoms with Crippen LogP contribution < -0.4 is 0 Å². The maximum absolute atomic E-state index is 13.2. The highest BCUT2D eigenvalue weighted by Crippen LogP contribution is 2.65. The van der Waals surface area contributed by atoms with E-state index in [-0.39, 0.29) is 29.0 Å². The second-order valence-corrected chi connectivity index (χ2v) is 9.75. The SMILES string of the molecule is C[C@@H]1C[C@@]2(C)[C@@H](CC[C@H]3[C@@H]4CC[C@H](O)[C@@]4(C)CC(=O)[C@@H]32)CC1O. The van der Waals surface area contributed by atoms with Crippen molar-refractivity contribution in [3.8, 4) is 0 Å². The van der Waals surface area contributed by atoms with Crippen molar-refractivity contribution < 1.29 is 15.0 Å². The molecule has 1 unspecified atom stereocenters. The number of rotatable bonds is 0. The lowest BCUT2D eigenvalue weighted by Gasteiger charge is -2.60. The van der Waals surface area contributed by atoms with Gasteiger partial charge in [-0.15, -0.1) is 0 Å². The number of hydrogen-bond acceptors (Lipinski definition) is 3. The van der Waals surface area contributed by atoms with Gasteiger partial charge in [0, 0.05) is 17.8 Å². The second-order valence-electron chi connectivity index (χ2n) is 9.75. The summed E-state index contributed by atoms with van der Waals surface area (Å²) in [4.78, 5) is 13.2. The highest BCUT2D eigenvalue weighted by Gasteiger charge is 2.63. The normalized spacial score (nSPS) is 59.2. The molecule has 0 amide bonds. The van der Waals surface area contributed by atoms with Gasteiger partial charge in [0.2, 0.25) is 0 Å². The lowest BCUT2D eigenvalue weighted by molar-refractivity contribution is -0.168. The molecule has 0 saturated heterocycles. The molecule has 130 valence electrons. The van der Waals surface area contributed by atoms with E-state index in [1.807, 2.05) is 0 Å². The van der Waals surface area contributed by atoms with Gasteiger partial charge in [-0.1, -0.05) is 20.8 Å². The summed E-state index contributed by atoms with van der Waals surface area (Å²) in [6.45, 7) is 6.64. The maximum Gasteiger partial charge on any atom is 0.137 e. The molecule has 4 aliphatic rings. The molecule has 9 atom stereocenters. The first-order chi connectivity index (χ1) is 10.8. The van der Waals surface area contributed by atoms with Crippen LogP contribution in [0.1, 0.15) is 65.7 Å². The predicted octanol–water partition coefficient (Wildman–Crippen LogP) is 3.18. The van der Waals surface area contributed by atoms with Crippen LogP contribution in [-0.4, -0.2) is 28.2 Å². The number of aliphatic hydroxyl groups is 2. The number of fused-ring (bicyclic) bond motifs is 5. The molecule has 0 radical (unpaired) electrons. The van der Waals surface area contributed by atoms with Crippen molar-refractivity contribution in [2.45, 2.75) is 77.9 Å². The number of ketones is 1. The largest absolute Gasteiger partial charge is 0.393 e. The van der Waals surface area contributed by atoms with Gasteiger partial charge in [-0.3, -0.25) is 4.79 Å². The first-order valence-electron chi connectivity index (χ1n) is 9.66. The zero-order valence-corrected chi connectivity index (χ0v) is 14.8. The third kappa shape index (κ3) is 2.05. The van der Waals surface area contributed by atoms with Crippen LogP contribution >= 0.6 is 0 Å². The Hall–Kier alpha value is -0.410. The monoisotopic (exact) mass is 320 g/mol. The van der Waals surface area contributed by atoms with E-state index in [1.165, 1.54) is 0 Å². The van der Waals surface area contributed by atoms with Crippen LogP contribution in [-0.2, 0) is 4.79 Å². The van der Waals surface area contributed by atoms with E-state index in [2.05, 4.69) is 20.8 Å². The van der Waals surface area contributed by atoms with Gasteiger partial charge in [-0.25, -0.2) is 0 Å². The van der Waals surface area contributed by atoms with E-state index in [0.29, 0.717) is 35.9 Å². The summed E-state index contributed by atoms with van der Waals surface area (Å²) in [6.07, 6.45) is 6.16. The summed E-state index contributed by atoms with van der Waals surface area (Å²) in [5.74, 6) is 2.34. The number of carbonyl (C=O) groups is 1. The Morgan fingerprint density at radius 2 is 1.78 bits per heavy atom. The lowest BCUT2D eigenvalue weighted by Crippen LogP contribution is -2.59. The third-order valence-corrected chi connectivity index (χ3v) is 8.64. The minimum atomic E-state index is -0.296. The van der Waals surface area contributed by atoms with Crippen molar-refractivity contribution in [3.63, 3.8) is 0 Å². The Bertz CT molecular complexity index is 517. The fourth-order valence-corrected chi connectivity index (χ4v) is 7.39. The summed E-state index contributed by atoms with van der Waals surface area (Å²) < 4.78 is 0. The Labute approximate surface area is 139 Å². The van der Waals surface area contributed by atoms with Gasteiger partial charge < -0.3 is 10.2 Å². The fourth-order valence-electron chi connectivity index (χ4n) is 7.39. The molecule has 23 heavy (non-hydrogen) atoms. The fraction of sp³-hybridized carbons (Fsp3) is 0.950. The lowest BCUT2D eigenvalue weighted by atomic mass is 9.44. The van der Waals surface area contributed by atoms with Crippen molar-refractivity contribution in [2.75, 3.05) is 0 Å². The summed E-state index contributed by atoms with van der Waals surface area (Å²) >= 11 is 0. The van der Waals surface area contributed by atoms with E-state index >= 15 is 0 Å². The highest BCUT2D eigenvalue weighted by atomic mass is 16.3. The molecule has 4 rings (SSSR count). The van der Waals surface area contributed by atoms with Crippen LogP contribution in [0.5, 0.6) is 0 Å². The molecule has 0 aromatic rings. The van der Waals surface area contributed by atoms with Crippen LogP contribution in [0.4, 0.5) is 0 Å². The van der Waals surface area contributed by atoms with E-state index in [4.69, 9.17) is 0 Å². The molecule has 2 N–H and O–H groups in total. The number of hydrogen-bond donors (Lipinski definition) is 2. The summed E-state index contributed by atoms with van der Waals surface area (Å²) in [6, 6.07) is 0. The molecule has 3 nitrogen and oxygen atoms in total. The quantitative estimate of drug-likeness (QED) is 0.721. The molecular weight excluding hydrogens is 288 g/mol.